The van der Waals surface area contributed by atoms with E-state index in [-0.39, 0.29) is 35.6 Å². The van der Waals surface area contributed by atoms with Crippen LogP contribution in [-0.2, 0) is 4.74 Å². The zero-order chi connectivity index (χ0) is 19.0. The Morgan fingerprint density at radius 2 is 1.96 bits per heavy atom. The van der Waals surface area contributed by atoms with Crippen molar-refractivity contribution >= 4 is 29.9 Å². The standard InChI is InChI=1S/C18H33F3N4O.HI/c1-3-11-26-17(8-5-4-6-9-17)13-23-16(22-2)24-15-7-10-25(12-15)14-18(19,20)21;/h15H,3-14H2,1-2H3,(H2,22,23,24);1H. The molecule has 1 aliphatic carbocycles. The molecule has 0 spiro atoms. The normalized spacial score (nSPS) is 23.7. The fourth-order valence-corrected chi connectivity index (χ4v) is 3.87. The van der Waals surface area contributed by atoms with Gasteiger partial charge in [-0.1, -0.05) is 26.2 Å². The lowest BCUT2D eigenvalue weighted by molar-refractivity contribution is -0.143. The number of ether oxygens (including phenoxy) is 1. The third-order valence-corrected chi connectivity index (χ3v) is 5.19. The van der Waals surface area contributed by atoms with Crippen molar-refractivity contribution in [2.75, 3.05) is 39.8 Å². The van der Waals surface area contributed by atoms with Crippen LogP contribution in [0.3, 0.4) is 0 Å². The van der Waals surface area contributed by atoms with Crippen molar-refractivity contribution < 1.29 is 17.9 Å². The Balaban J connectivity index is 0.00000364. The van der Waals surface area contributed by atoms with Gasteiger partial charge in [0.25, 0.3) is 0 Å². The number of likely N-dealkylation sites (tertiary alicyclic amines) is 1. The highest BCUT2D eigenvalue weighted by molar-refractivity contribution is 14.0. The van der Waals surface area contributed by atoms with Crippen molar-refractivity contribution in [3.05, 3.63) is 0 Å². The fourth-order valence-electron chi connectivity index (χ4n) is 3.87. The highest BCUT2D eigenvalue weighted by Gasteiger charge is 2.35. The lowest BCUT2D eigenvalue weighted by Gasteiger charge is -2.38. The zero-order valence-corrected chi connectivity index (χ0v) is 18.7. The second-order valence-corrected chi connectivity index (χ2v) is 7.50. The molecule has 0 bridgehead atoms. The molecule has 160 valence electrons. The Kier molecular flexibility index (Phi) is 10.7. The van der Waals surface area contributed by atoms with Crippen molar-refractivity contribution in [1.29, 1.82) is 0 Å². The average molecular weight is 506 g/mol. The molecule has 27 heavy (non-hydrogen) atoms. The van der Waals surface area contributed by atoms with Gasteiger partial charge in [-0.2, -0.15) is 13.2 Å². The van der Waals surface area contributed by atoms with Crippen LogP contribution in [0.5, 0.6) is 0 Å². The van der Waals surface area contributed by atoms with E-state index in [0.29, 0.717) is 32.0 Å². The summed E-state index contributed by atoms with van der Waals surface area (Å²) in [7, 11) is 1.69. The van der Waals surface area contributed by atoms with Gasteiger partial charge in [0, 0.05) is 39.3 Å². The number of nitrogens with one attached hydrogen (secondary N) is 2. The van der Waals surface area contributed by atoms with Gasteiger partial charge in [0.2, 0.25) is 0 Å². The quantitative estimate of drug-likeness (QED) is 0.315. The summed E-state index contributed by atoms with van der Waals surface area (Å²) >= 11 is 0. The van der Waals surface area contributed by atoms with Gasteiger partial charge in [-0.15, -0.1) is 24.0 Å². The average Bonchev–Trinajstić information content (AvgIpc) is 3.02. The van der Waals surface area contributed by atoms with E-state index in [9.17, 15) is 13.2 Å². The van der Waals surface area contributed by atoms with Crippen LogP contribution in [0.15, 0.2) is 4.99 Å². The van der Waals surface area contributed by atoms with Crippen molar-refractivity contribution in [2.45, 2.75) is 69.7 Å². The summed E-state index contributed by atoms with van der Waals surface area (Å²) in [5, 5.41) is 6.62. The second-order valence-electron chi connectivity index (χ2n) is 7.50. The first kappa shape index (κ1) is 24.7. The van der Waals surface area contributed by atoms with E-state index in [1.807, 2.05) is 0 Å². The number of aliphatic imine (C=N–C) groups is 1. The van der Waals surface area contributed by atoms with Gasteiger partial charge < -0.3 is 15.4 Å². The van der Waals surface area contributed by atoms with E-state index in [2.05, 4.69) is 22.5 Å². The molecule has 1 unspecified atom stereocenters. The van der Waals surface area contributed by atoms with Crippen molar-refractivity contribution in [1.82, 2.24) is 15.5 Å². The zero-order valence-electron chi connectivity index (χ0n) is 16.4. The molecule has 2 N–H and O–H groups in total. The smallest absolute Gasteiger partial charge is 0.373 e. The molecule has 1 saturated heterocycles. The third-order valence-electron chi connectivity index (χ3n) is 5.19. The van der Waals surface area contributed by atoms with Gasteiger partial charge in [-0.25, -0.2) is 0 Å². The van der Waals surface area contributed by atoms with Gasteiger partial charge in [0.05, 0.1) is 12.1 Å². The first-order valence-electron chi connectivity index (χ1n) is 9.76. The first-order valence-corrected chi connectivity index (χ1v) is 9.76. The molecule has 1 atom stereocenters. The molecule has 0 radical (unpaired) electrons. The SMILES string of the molecule is CCCOC1(CNC(=NC)NC2CCN(CC(F)(F)F)C2)CCCCC1.I. The maximum atomic E-state index is 12.5. The Bertz CT molecular complexity index is 456. The summed E-state index contributed by atoms with van der Waals surface area (Å²) in [5.41, 5.74) is -0.149. The Labute approximate surface area is 177 Å². The summed E-state index contributed by atoms with van der Waals surface area (Å²) in [5.74, 6) is 0.647. The topological polar surface area (TPSA) is 48.9 Å². The van der Waals surface area contributed by atoms with Crippen LogP contribution in [0, 0.1) is 0 Å². The molecule has 1 heterocycles. The summed E-state index contributed by atoms with van der Waals surface area (Å²) in [6.45, 7) is 3.55. The molecule has 0 aromatic carbocycles. The maximum Gasteiger partial charge on any atom is 0.401 e. The molecular formula is C18H34F3IN4O. The summed E-state index contributed by atoms with van der Waals surface area (Å²) in [4.78, 5) is 5.69. The van der Waals surface area contributed by atoms with Crippen LogP contribution in [-0.4, -0.2) is 68.5 Å². The number of hydrogen-bond donors (Lipinski definition) is 2. The summed E-state index contributed by atoms with van der Waals surface area (Å²) < 4.78 is 43.7. The number of guanidine groups is 1. The number of nitrogens with zero attached hydrogens (tertiary/aromatic N) is 2. The predicted octanol–water partition coefficient (Wildman–Crippen LogP) is 3.54. The Hall–Kier alpha value is -0.290. The minimum atomic E-state index is -4.14. The van der Waals surface area contributed by atoms with E-state index in [1.165, 1.54) is 24.2 Å². The fraction of sp³-hybridized carbons (Fsp3) is 0.944. The molecule has 5 nitrogen and oxygen atoms in total. The van der Waals surface area contributed by atoms with Crippen LogP contribution in [0.2, 0.25) is 0 Å². The van der Waals surface area contributed by atoms with E-state index in [4.69, 9.17) is 4.74 Å². The van der Waals surface area contributed by atoms with Crippen LogP contribution in [0.4, 0.5) is 13.2 Å². The van der Waals surface area contributed by atoms with Gasteiger partial charge in [-0.05, 0) is 25.7 Å². The monoisotopic (exact) mass is 506 g/mol. The largest absolute Gasteiger partial charge is 0.401 e. The second kappa shape index (κ2) is 11.6. The molecule has 0 aromatic rings. The lowest BCUT2D eigenvalue weighted by atomic mass is 9.84. The number of alkyl halides is 3. The van der Waals surface area contributed by atoms with Gasteiger partial charge in [0.15, 0.2) is 5.96 Å². The van der Waals surface area contributed by atoms with E-state index < -0.39 is 12.7 Å². The van der Waals surface area contributed by atoms with Crippen molar-refractivity contribution in [3.63, 3.8) is 0 Å². The van der Waals surface area contributed by atoms with Gasteiger partial charge in [-0.3, -0.25) is 9.89 Å². The van der Waals surface area contributed by atoms with Crippen LogP contribution < -0.4 is 10.6 Å². The van der Waals surface area contributed by atoms with Crippen LogP contribution >= 0.6 is 24.0 Å². The minimum absolute atomic E-state index is 0. The van der Waals surface area contributed by atoms with E-state index in [1.54, 1.807) is 7.05 Å². The summed E-state index contributed by atoms with van der Waals surface area (Å²) in [6, 6.07) is -0.0117. The van der Waals surface area contributed by atoms with E-state index in [0.717, 1.165) is 25.9 Å². The maximum absolute atomic E-state index is 12.5. The minimum Gasteiger partial charge on any atom is -0.373 e. The van der Waals surface area contributed by atoms with E-state index >= 15 is 0 Å². The highest BCUT2D eigenvalue weighted by atomic mass is 127. The third kappa shape index (κ3) is 8.72. The van der Waals surface area contributed by atoms with Gasteiger partial charge in [0.1, 0.15) is 0 Å². The molecule has 1 aliphatic heterocycles. The Morgan fingerprint density at radius 3 is 2.56 bits per heavy atom. The van der Waals surface area contributed by atoms with Crippen molar-refractivity contribution in [3.8, 4) is 0 Å². The molecular weight excluding hydrogens is 472 g/mol. The molecule has 1 saturated carbocycles. The number of rotatable bonds is 7. The van der Waals surface area contributed by atoms with Crippen LogP contribution in [0.1, 0.15) is 51.9 Å². The van der Waals surface area contributed by atoms with Crippen molar-refractivity contribution in [2.24, 2.45) is 4.99 Å². The Morgan fingerprint density at radius 1 is 1.26 bits per heavy atom. The molecule has 2 aliphatic rings. The predicted molar refractivity (Wildman–Crippen MR) is 113 cm³/mol. The van der Waals surface area contributed by atoms with Gasteiger partial charge >= 0.3 is 6.18 Å². The lowest BCUT2D eigenvalue weighted by Crippen LogP contribution is -2.52. The molecule has 0 amide bonds. The molecule has 0 aromatic heterocycles. The molecule has 9 heteroatoms. The molecule has 2 fully saturated rings. The first-order chi connectivity index (χ1) is 12.4. The molecule has 2 rings (SSSR count). The summed E-state index contributed by atoms with van der Waals surface area (Å²) in [6.07, 6.45) is 3.22. The number of hydrogen-bond acceptors (Lipinski definition) is 3. The number of halogens is 4. The van der Waals surface area contributed by atoms with Crippen LogP contribution in [0.25, 0.3) is 0 Å². The highest BCUT2D eigenvalue weighted by Crippen LogP contribution is 2.31.